The molecule has 0 radical (unpaired) electrons. The molecule has 0 saturated heterocycles. The van der Waals surface area contributed by atoms with Gasteiger partial charge in [0.25, 0.3) is 0 Å². The van der Waals surface area contributed by atoms with E-state index in [-0.39, 0.29) is 5.41 Å². The van der Waals surface area contributed by atoms with Crippen LogP contribution in [0.2, 0.25) is 0 Å². The molecule has 0 spiro atoms. The third-order valence-electron chi connectivity index (χ3n) is 4.93. The van der Waals surface area contributed by atoms with E-state index in [1.165, 1.54) is 62.5 Å². The van der Waals surface area contributed by atoms with Crippen molar-refractivity contribution in [2.24, 2.45) is 11.1 Å². The Kier molecular flexibility index (Phi) is 4.90. The fourth-order valence-corrected chi connectivity index (χ4v) is 3.10. The maximum absolute atomic E-state index is 10.7. The van der Waals surface area contributed by atoms with Crippen molar-refractivity contribution in [2.75, 3.05) is 6.61 Å². The molecular weight excluding hydrogens is 250 g/mol. The van der Waals surface area contributed by atoms with E-state index in [9.17, 15) is 4.79 Å². The van der Waals surface area contributed by atoms with Crippen molar-refractivity contribution in [3.63, 3.8) is 0 Å². The number of ether oxygens (including phenoxy) is 1. The Hall–Kier alpha value is -1.25. The Bertz CT molecular complexity index is 430. The van der Waals surface area contributed by atoms with Gasteiger partial charge >= 0.3 is 6.09 Å². The Morgan fingerprint density at radius 2 is 2.10 bits per heavy atom. The van der Waals surface area contributed by atoms with E-state index in [1.807, 2.05) is 0 Å². The van der Waals surface area contributed by atoms with Gasteiger partial charge in [-0.2, -0.15) is 0 Å². The number of nitrogens with two attached hydrogens (primary N) is 1. The molecule has 3 heteroatoms. The highest BCUT2D eigenvalue weighted by Gasteiger charge is 2.42. The van der Waals surface area contributed by atoms with Gasteiger partial charge in [-0.1, -0.05) is 23.6 Å². The molecule has 0 aromatic rings. The monoisotopic (exact) mass is 277 g/mol. The van der Waals surface area contributed by atoms with Crippen LogP contribution in [0.5, 0.6) is 0 Å². The highest BCUT2D eigenvalue weighted by atomic mass is 16.5. The largest absolute Gasteiger partial charge is 0.449 e. The molecule has 2 aliphatic carbocycles. The van der Waals surface area contributed by atoms with Crippen molar-refractivity contribution in [1.82, 2.24) is 0 Å². The van der Waals surface area contributed by atoms with E-state index in [4.69, 9.17) is 10.5 Å². The minimum Gasteiger partial charge on any atom is -0.449 e. The number of rotatable bonds is 7. The summed E-state index contributed by atoms with van der Waals surface area (Å²) in [5, 5.41) is 0. The van der Waals surface area contributed by atoms with E-state index < -0.39 is 6.09 Å². The van der Waals surface area contributed by atoms with Crippen LogP contribution < -0.4 is 5.73 Å². The Morgan fingerprint density at radius 3 is 2.75 bits per heavy atom. The number of primary amides is 1. The lowest BCUT2D eigenvalue weighted by Crippen LogP contribution is -2.19. The molecule has 1 fully saturated rings. The first-order valence-corrected chi connectivity index (χ1v) is 7.80. The summed E-state index contributed by atoms with van der Waals surface area (Å²) < 4.78 is 4.97. The molecular formula is C17H27NO2. The lowest BCUT2D eigenvalue weighted by Gasteiger charge is -2.18. The summed E-state index contributed by atoms with van der Waals surface area (Å²) in [5.41, 5.74) is 9.91. The number of hydrogen-bond donors (Lipinski definition) is 1. The lowest BCUT2D eigenvalue weighted by atomic mass is 9.89. The summed E-state index contributed by atoms with van der Waals surface area (Å²) in [6.07, 6.45) is 11.4. The first-order valence-electron chi connectivity index (χ1n) is 7.80. The topological polar surface area (TPSA) is 52.3 Å². The van der Waals surface area contributed by atoms with Gasteiger partial charge in [-0.15, -0.1) is 0 Å². The van der Waals surface area contributed by atoms with Gasteiger partial charge in [-0.3, -0.25) is 0 Å². The predicted octanol–water partition coefficient (Wildman–Crippen LogP) is 4.48. The summed E-state index contributed by atoms with van der Waals surface area (Å²) in [6, 6.07) is 0. The van der Waals surface area contributed by atoms with Gasteiger partial charge < -0.3 is 10.5 Å². The molecule has 0 bridgehead atoms. The fourth-order valence-electron chi connectivity index (χ4n) is 3.10. The summed E-state index contributed by atoms with van der Waals surface area (Å²) in [5.74, 6) is 0. The summed E-state index contributed by atoms with van der Waals surface area (Å²) >= 11 is 0. The molecule has 0 atom stereocenters. The van der Waals surface area contributed by atoms with E-state index in [0.29, 0.717) is 6.61 Å². The molecule has 2 rings (SSSR count). The zero-order valence-electron chi connectivity index (χ0n) is 12.8. The van der Waals surface area contributed by atoms with Crippen molar-refractivity contribution >= 4 is 6.09 Å². The van der Waals surface area contributed by atoms with Gasteiger partial charge in [-0.05, 0) is 64.4 Å². The number of unbranched alkanes of at least 4 members (excludes halogenated alkanes) is 1. The van der Waals surface area contributed by atoms with Crippen LogP contribution in [0, 0.1) is 5.41 Å². The van der Waals surface area contributed by atoms with Gasteiger partial charge in [0, 0.05) is 5.41 Å². The Balaban J connectivity index is 1.68. The van der Waals surface area contributed by atoms with Crippen molar-refractivity contribution < 1.29 is 9.53 Å². The number of carbonyl (C=O) groups is 1. The van der Waals surface area contributed by atoms with Gasteiger partial charge in [0.15, 0.2) is 0 Å². The molecule has 3 nitrogen and oxygen atoms in total. The average molecular weight is 277 g/mol. The zero-order valence-corrected chi connectivity index (χ0v) is 12.8. The first kappa shape index (κ1) is 15.1. The van der Waals surface area contributed by atoms with Crippen LogP contribution >= 0.6 is 0 Å². The highest BCUT2D eigenvalue weighted by Crippen LogP contribution is 2.50. The second-order valence-corrected chi connectivity index (χ2v) is 6.47. The standard InChI is InChI=1S/C17H27NO2/c1-13-6-5-8-15(14(13)2)7-3-4-9-17(10-11-17)12-20-16(18)19/h6H,3-5,7-12H2,1-2H3,(H2,18,19). The van der Waals surface area contributed by atoms with Crippen molar-refractivity contribution in [1.29, 1.82) is 0 Å². The predicted molar refractivity (Wildman–Crippen MR) is 81.4 cm³/mol. The van der Waals surface area contributed by atoms with E-state index in [2.05, 4.69) is 19.9 Å². The smallest absolute Gasteiger partial charge is 0.404 e. The van der Waals surface area contributed by atoms with Crippen LogP contribution in [0.3, 0.4) is 0 Å². The van der Waals surface area contributed by atoms with Crippen LogP contribution in [0.4, 0.5) is 4.79 Å². The maximum Gasteiger partial charge on any atom is 0.404 e. The quantitative estimate of drug-likeness (QED) is 0.697. The molecule has 112 valence electrons. The molecule has 0 aliphatic heterocycles. The van der Waals surface area contributed by atoms with Crippen molar-refractivity contribution in [3.05, 3.63) is 22.8 Å². The number of amides is 1. The molecule has 0 heterocycles. The van der Waals surface area contributed by atoms with Crippen molar-refractivity contribution in [2.45, 2.75) is 65.2 Å². The second-order valence-electron chi connectivity index (χ2n) is 6.47. The van der Waals surface area contributed by atoms with Gasteiger partial charge in [0.1, 0.15) is 0 Å². The normalized spacial score (nSPS) is 20.6. The molecule has 1 amide bonds. The average Bonchev–Trinajstić information content (AvgIpc) is 3.18. The molecule has 0 unspecified atom stereocenters. The van der Waals surface area contributed by atoms with Gasteiger partial charge in [0.05, 0.1) is 6.61 Å². The van der Waals surface area contributed by atoms with Crippen LogP contribution in [0.25, 0.3) is 0 Å². The zero-order chi connectivity index (χ0) is 14.6. The second kappa shape index (κ2) is 6.47. The third-order valence-corrected chi connectivity index (χ3v) is 4.93. The van der Waals surface area contributed by atoms with Crippen LogP contribution in [0.1, 0.15) is 65.2 Å². The molecule has 20 heavy (non-hydrogen) atoms. The number of carbonyl (C=O) groups excluding carboxylic acids is 1. The molecule has 0 aromatic heterocycles. The van der Waals surface area contributed by atoms with Crippen molar-refractivity contribution in [3.8, 4) is 0 Å². The molecule has 2 N–H and O–H groups in total. The van der Waals surface area contributed by atoms with E-state index in [1.54, 1.807) is 5.57 Å². The minimum atomic E-state index is -0.637. The maximum atomic E-state index is 10.7. The first-order chi connectivity index (χ1) is 9.52. The third kappa shape index (κ3) is 4.12. The van der Waals surface area contributed by atoms with E-state index in [0.717, 1.165) is 0 Å². The highest BCUT2D eigenvalue weighted by molar-refractivity contribution is 5.64. The molecule has 1 saturated carbocycles. The van der Waals surface area contributed by atoms with E-state index >= 15 is 0 Å². The lowest BCUT2D eigenvalue weighted by molar-refractivity contribution is 0.126. The van der Waals surface area contributed by atoms with Gasteiger partial charge in [-0.25, -0.2) is 4.79 Å². The molecule has 2 aliphatic rings. The van der Waals surface area contributed by atoms with Crippen LogP contribution in [-0.4, -0.2) is 12.7 Å². The number of allylic oxidation sites excluding steroid dienone is 4. The Labute approximate surface area is 122 Å². The summed E-state index contributed by atoms with van der Waals surface area (Å²) in [7, 11) is 0. The fraction of sp³-hybridized carbons (Fsp3) is 0.706. The SMILES string of the molecule is CC1=CCCC(CCCCC2(COC(N)=O)CC2)=C1C. The molecule has 0 aromatic carbocycles. The summed E-state index contributed by atoms with van der Waals surface area (Å²) in [4.78, 5) is 10.7. The summed E-state index contributed by atoms with van der Waals surface area (Å²) in [6.45, 7) is 4.99. The minimum absolute atomic E-state index is 0.265. The van der Waals surface area contributed by atoms with Gasteiger partial charge in [0.2, 0.25) is 0 Å². The van der Waals surface area contributed by atoms with Crippen LogP contribution in [0.15, 0.2) is 22.8 Å². The number of hydrogen-bond acceptors (Lipinski definition) is 2. The van der Waals surface area contributed by atoms with Crippen LogP contribution in [-0.2, 0) is 4.74 Å². The Morgan fingerprint density at radius 1 is 1.35 bits per heavy atom.